The van der Waals surface area contributed by atoms with Crippen LogP contribution in [0.15, 0.2) is 82.2 Å². The van der Waals surface area contributed by atoms with Gasteiger partial charge < -0.3 is 15.4 Å². The van der Waals surface area contributed by atoms with E-state index in [9.17, 15) is 14.4 Å². The van der Waals surface area contributed by atoms with Crippen molar-refractivity contribution in [2.24, 2.45) is 33.0 Å². The summed E-state index contributed by atoms with van der Waals surface area (Å²) in [4.78, 5) is 47.7. The van der Waals surface area contributed by atoms with Crippen LogP contribution in [0.1, 0.15) is 64.0 Å². The molecule has 2 amide bonds. The number of aliphatic imine (C=N–C) groups is 1. The number of benzene rings is 2. The fourth-order valence-corrected chi connectivity index (χ4v) is 6.16. The van der Waals surface area contributed by atoms with Crippen molar-refractivity contribution in [3.63, 3.8) is 0 Å². The lowest BCUT2D eigenvalue weighted by Crippen LogP contribution is -2.37. The van der Waals surface area contributed by atoms with Gasteiger partial charge in [0.25, 0.3) is 0 Å². The van der Waals surface area contributed by atoms with Crippen LogP contribution in [-0.2, 0) is 20.7 Å². The van der Waals surface area contributed by atoms with E-state index < -0.39 is 17.6 Å². The summed E-state index contributed by atoms with van der Waals surface area (Å²) in [5, 5.41) is 14.4. The van der Waals surface area contributed by atoms with Crippen LogP contribution in [0.2, 0.25) is 5.02 Å². The molecule has 0 unspecified atom stereocenters. The number of halogens is 1. The Balaban J connectivity index is 1.23. The molecule has 246 valence electrons. The Bertz CT molecular complexity index is 1620. The Morgan fingerprint density at radius 1 is 0.957 bits per heavy atom. The molecule has 1 fully saturated rings. The second kappa shape index (κ2) is 15.4. The molecule has 0 spiro atoms. The van der Waals surface area contributed by atoms with Gasteiger partial charge in [-0.15, -0.1) is 5.11 Å². The Kier molecular flexibility index (Phi) is 11.1. The number of carbonyl (C=O) groups is 3. The van der Waals surface area contributed by atoms with E-state index in [1.54, 1.807) is 12.4 Å². The van der Waals surface area contributed by atoms with Gasteiger partial charge in [0.05, 0.1) is 5.02 Å². The zero-order valence-corrected chi connectivity index (χ0v) is 27.8. The van der Waals surface area contributed by atoms with Crippen molar-refractivity contribution in [1.82, 2.24) is 10.3 Å². The number of Topliss-reactive ketones (excluding diaryl/α,β-unsaturated/α-hetero) is 1. The van der Waals surface area contributed by atoms with Crippen LogP contribution in [0.3, 0.4) is 0 Å². The molecule has 10 nitrogen and oxygen atoms in total. The second-order valence-electron chi connectivity index (χ2n) is 13.2. The number of azo groups is 1. The predicted molar refractivity (Wildman–Crippen MR) is 183 cm³/mol. The molecule has 0 saturated heterocycles. The summed E-state index contributed by atoms with van der Waals surface area (Å²) >= 11 is 6.35. The van der Waals surface area contributed by atoms with Gasteiger partial charge in [-0.25, -0.2) is 9.79 Å². The molecule has 1 aliphatic heterocycles. The Morgan fingerprint density at radius 2 is 1.66 bits per heavy atom. The average Bonchev–Trinajstić information content (AvgIpc) is 3.59. The fraction of sp³-hybridized carbons (Fsp3) is 0.417. The third-order valence-corrected chi connectivity index (χ3v) is 8.73. The van der Waals surface area contributed by atoms with Crippen LogP contribution in [0, 0.1) is 17.8 Å². The van der Waals surface area contributed by atoms with Crippen molar-refractivity contribution < 1.29 is 19.1 Å². The quantitative estimate of drug-likeness (QED) is 0.218. The number of ether oxygens (including phenoxy) is 1. The monoisotopic (exact) mass is 656 g/mol. The highest BCUT2D eigenvalue weighted by molar-refractivity contribution is 6.33. The van der Waals surface area contributed by atoms with Crippen molar-refractivity contribution in [2.75, 3.05) is 18.5 Å². The number of pyridine rings is 1. The first-order chi connectivity index (χ1) is 22.5. The van der Waals surface area contributed by atoms with Crippen molar-refractivity contribution >= 4 is 40.9 Å². The number of anilines is 1. The molecule has 2 N–H and O–H groups in total. The Hall–Kier alpha value is -4.44. The summed E-state index contributed by atoms with van der Waals surface area (Å²) in [6, 6.07) is 17.1. The number of nitrogens with zero attached hydrogens (tertiary/aromatic N) is 4. The standard InChI is InChI=1S/C36H41ClN6O4/c1-36(2,3)47-35(46)39-20-24-6-10-26(11-7-24)32(44)19-28(18-23-4-8-25(9-5-23)30-16-17-38-21-31(30)37)34(45)42-29-14-12-27(13-15-29)33-40-22-41-43-33/h4-5,8-9,12-17,21,24,26,28H,6-7,10-11,18-20,22H2,1-3H3,(H,39,46)(H,42,45)/t24?,26?,28-/m1/s1. The Morgan fingerprint density at radius 3 is 2.30 bits per heavy atom. The average molecular weight is 657 g/mol. The summed E-state index contributed by atoms with van der Waals surface area (Å²) in [6.07, 6.45) is 6.57. The molecule has 2 aromatic carbocycles. The van der Waals surface area contributed by atoms with E-state index in [-0.39, 0.29) is 29.9 Å². The molecule has 2 heterocycles. The fourth-order valence-electron chi connectivity index (χ4n) is 5.94. The zero-order chi connectivity index (χ0) is 33.4. The predicted octanol–water partition coefficient (Wildman–Crippen LogP) is 7.66. The zero-order valence-electron chi connectivity index (χ0n) is 27.0. The largest absolute Gasteiger partial charge is 0.444 e. The summed E-state index contributed by atoms with van der Waals surface area (Å²) in [6.45, 7) is 6.35. The third kappa shape index (κ3) is 9.78. The van der Waals surface area contributed by atoms with Crippen molar-refractivity contribution in [3.8, 4) is 11.1 Å². The first-order valence-corrected chi connectivity index (χ1v) is 16.4. The van der Waals surface area contributed by atoms with Gasteiger partial charge in [0.2, 0.25) is 5.91 Å². The van der Waals surface area contributed by atoms with Gasteiger partial charge in [0.1, 0.15) is 11.4 Å². The molecular weight excluding hydrogens is 616 g/mol. The van der Waals surface area contributed by atoms with Crippen LogP contribution in [0.4, 0.5) is 10.5 Å². The highest BCUT2D eigenvalue weighted by atomic mass is 35.5. The minimum atomic E-state index is -0.558. The SMILES string of the molecule is CC(C)(C)OC(=O)NCC1CCC(C(=O)C[C@@H](Cc2ccc(-c3ccncc3Cl)cc2)C(=O)Nc2ccc(C3=NCN=N3)cc2)CC1. The molecule has 1 atom stereocenters. The number of amides is 2. The van der Waals surface area contributed by atoms with Gasteiger partial charge in [-0.1, -0.05) is 35.9 Å². The topological polar surface area (TPSA) is 134 Å². The molecule has 0 bridgehead atoms. The van der Waals surface area contributed by atoms with E-state index in [0.717, 1.165) is 47.9 Å². The molecule has 47 heavy (non-hydrogen) atoms. The summed E-state index contributed by atoms with van der Waals surface area (Å²) in [5.41, 5.74) is 3.68. The normalized spacial score (nSPS) is 18.3. The van der Waals surface area contributed by atoms with Crippen LogP contribution in [-0.4, -0.2) is 47.4 Å². The molecule has 1 aromatic heterocycles. The number of rotatable bonds is 11. The number of alkyl carbamates (subject to hydrolysis) is 1. The van der Waals surface area contributed by atoms with E-state index in [1.807, 2.05) is 75.4 Å². The molecule has 1 aliphatic carbocycles. The third-order valence-electron chi connectivity index (χ3n) is 8.43. The molecule has 5 rings (SSSR count). The van der Waals surface area contributed by atoms with Crippen LogP contribution in [0.5, 0.6) is 0 Å². The highest BCUT2D eigenvalue weighted by Gasteiger charge is 2.31. The maximum atomic E-state index is 13.7. The number of hydrogen-bond donors (Lipinski definition) is 2. The molecule has 3 aromatic rings. The molecular formula is C36H41ClN6O4. The second-order valence-corrected chi connectivity index (χ2v) is 13.6. The number of aromatic nitrogens is 1. The maximum Gasteiger partial charge on any atom is 0.407 e. The number of carbonyl (C=O) groups excluding carboxylic acids is 3. The first-order valence-electron chi connectivity index (χ1n) is 16.1. The van der Waals surface area contributed by atoms with Crippen LogP contribution >= 0.6 is 11.6 Å². The first kappa shape index (κ1) is 33.9. The van der Waals surface area contributed by atoms with E-state index >= 15 is 0 Å². The van der Waals surface area contributed by atoms with Gasteiger partial charge in [-0.05, 0) is 100 Å². The summed E-state index contributed by atoms with van der Waals surface area (Å²) in [7, 11) is 0. The number of hydrogen-bond acceptors (Lipinski definition) is 8. The number of ketones is 1. The van der Waals surface area contributed by atoms with Gasteiger partial charge in [0.15, 0.2) is 12.5 Å². The van der Waals surface area contributed by atoms with E-state index in [1.165, 1.54) is 0 Å². The minimum absolute atomic E-state index is 0.101. The molecule has 2 aliphatic rings. The van der Waals surface area contributed by atoms with Crippen molar-refractivity contribution in [3.05, 3.63) is 83.1 Å². The molecule has 1 saturated carbocycles. The van der Waals surface area contributed by atoms with Crippen molar-refractivity contribution in [2.45, 2.75) is 64.9 Å². The van der Waals surface area contributed by atoms with Crippen molar-refractivity contribution in [1.29, 1.82) is 0 Å². The highest BCUT2D eigenvalue weighted by Crippen LogP contribution is 2.32. The van der Waals surface area contributed by atoms with E-state index in [4.69, 9.17) is 16.3 Å². The lowest BCUT2D eigenvalue weighted by Gasteiger charge is -2.29. The van der Waals surface area contributed by atoms with Gasteiger partial charge in [0, 0.05) is 54.0 Å². The minimum Gasteiger partial charge on any atom is -0.444 e. The lowest BCUT2D eigenvalue weighted by atomic mass is 9.77. The molecule has 0 radical (unpaired) electrons. The van der Waals surface area contributed by atoms with Gasteiger partial charge in [-0.2, -0.15) is 5.11 Å². The maximum absolute atomic E-state index is 13.7. The van der Waals surface area contributed by atoms with Crippen LogP contribution < -0.4 is 10.6 Å². The summed E-state index contributed by atoms with van der Waals surface area (Å²) < 4.78 is 5.35. The lowest BCUT2D eigenvalue weighted by molar-refractivity contribution is -0.129. The van der Waals surface area contributed by atoms with E-state index in [2.05, 4.69) is 30.8 Å². The number of nitrogens with one attached hydrogen (secondary N) is 2. The van der Waals surface area contributed by atoms with Gasteiger partial charge in [-0.3, -0.25) is 14.6 Å². The van der Waals surface area contributed by atoms with Gasteiger partial charge >= 0.3 is 6.09 Å². The smallest absolute Gasteiger partial charge is 0.407 e. The molecule has 11 heteroatoms. The number of amidine groups is 1. The van der Waals surface area contributed by atoms with E-state index in [0.29, 0.717) is 36.2 Å². The van der Waals surface area contributed by atoms with Crippen LogP contribution in [0.25, 0.3) is 11.1 Å². The Labute approximate surface area is 280 Å². The summed E-state index contributed by atoms with van der Waals surface area (Å²) in [5.74, 6) is 0.0808.